The van der Waals surface area contributed by atoms with E-state index in [0.717, 1.165) is 0 Å². The standard InChI is InChI=1S/C9H7NO3/c10-9(12)6-3-1-2-5-7(11)4-13-8(5)6/h1-4,11H,(H2,10,12). The number of aromatic hydroxyl groups is 1. The summed E-state index contributed by atoms with van der Waals surface area (Å²) in [6.45, 7) is 0. The van der Waals surface area contributed by atoms with E-state index in [2.05, 4.69) is 0 Å². The van der Waals surface area contributed by atoms with Crippen molar-refractivity contribution in [2.24, 2.45) is 5.73 Å². The minimum absolute atomic E-state index is 0.0121. The highest BCUT2D eigenvalue weighted by molar-refractivity contribution is 6.05. The van der Waals surface area contributed by atoms with Crippen LogP contribution in [0.2, 0.25) is 0 Å². The Labute approximate surface area is 73.6 Å². The normalized spacial score (nSPS) is 10.5. The van der Waals surface area contributed by atoms with Crippen LogP contribution in [-0.2, 0) is 0 Å². The number of carbonyl (C=O) groups excluding carboxylic acids is 1. The van der Waals surface area contributed by atoms with Gasteiger partial charge in [-0.3, -0.25) is 4.79 Å². The molecule has 0 saturated carbocycles. The van der Waals surface area contributed by atoms with Gasteiger partial charge in [0.2, 0.25) is 0 Å². The third-order valence-corrected chi connectivity index (χ3v) is 1.84. The number of hydrogen-bond acceptors (Lipinski definition) is 3. The number of hydrogen-bond donors (Lipinski definition) is 2. The first-order valence-corrected chi connectivity index (χ1v) is 3.69. The second kappa shape index (κ2) is 2.52. The molecule has 0 aliphatic carbocycles. The maximum Gasteiger partial charge on any atom is 0.252 e. The first kappa shape index (κ1) is 7.67. The smallest absolute Gasteiger partial charge is 0.252 e. The molecule has 2 aromatic rings. The van der Waals surface area contributed by atoms with E-state index in [9.17, 15) is 9.90 Å². The van der Waals surface area contributed by atoms with Gasteiger partial charge in [-0.2, -0.15) is 0 Å². The molecule has 2 rings (SSSR count). The zero-order chi connectivity index (χ0) is 9.42. The Bertz CT molecular complexity index is 473. The highest BCUT2D eigenvalue weighted by Gasteiger charge is 2.11. The van der Waals surface area contributed by atoms with Crippen molar-refractivity contribution >= 4 is 16.9 Å². The van der Waals surface area contributed by atoms with Crippen LogP contribution >= 0.6 is 0 Å². The number of primary amides is 1. The van der Waals surface area contributed by atoms with Crippen LogP contribution < -0.4 is 5.73 Å². The fourth-order valence-electron chi connectivity index (χ4n) is 1.24. The van der Waals surface area contributed by atoms with Crippen LogP contribution in [0.25, 0.3) is 11.0 Å². The van der Waals surface area contributed by atoms with Gasteiger partial charge in [0.05, 0.1) is 10.9 Å². The SMILES string of the molecule is NC(=O)c1cccc2c(O)coc12. The lowest BCUT2D eigenvalue weighted by Gasteiger charge is -1.95. The largest absolute Gasteiger partial charge is 0.504 e. The van der Waals surface area contributed by atoms with Crippen LogP contribution in [-0.4, -0.2) is 11.0 Å². The van der Waals surface area contributed by atoms with E-state index in [1.807, 2.05) is 0 Å². The van der Waals surface area contributed by atoms with Crippen LogP contribution in [0.5, 0.6) is 5.75 Å². The Hall–Kier alpha value is -1.97. The predicted molar refractivity (Wildman–Crippen MR) is 46.4 cm³/mol. The molecular formula is C9H7NO3. The lowest BCUT2D eigenvalue weighted by Crippen LogP contribution is -2.10. The molecule has 13 heavy (non-hydrogen) atoms. The van der Waals surface area contributed by atoms with Gasteiger partial charge in [-0.15, -0.1) is 0 Å². The van der Waals surface area contributed by atoms with Crippen LogP contribution in [0.3, 0.4) is 0 Å². The molecule has 1 amide bonds. The van der Waals surface area contributed by atoms with Crippen molar-refractivity contribution in [2.75, 3.05) is 0 Å². The second-order valence-electron chi connectivity index (χ2n) is 2.67. The molecule has 4 heteroatoms. The fourth-order valence-corrected chi connectivity index (χ4v) is 1.24. The number of carbonyl (C=O) groups is 1. The minimum atomic E-state index is -0.569. The van der Waals surface area contributed by atoms with E-state index >= 15 is 0 Å². The summed E-state index contributed by atoms with van der Waals surface area (Å²) in [5, 5.41) is 9.77. The first-order chi connectivity index (χ1) is 6.20. The van der Waals surface area contributed by atoms with Crippen LogP contribution in [0.4, 0.5) is 0 Å². The predicted octanol–water partition coefficient (Wildman–Crippen LogP) is 1.24. The van der Waals surface area contributed by atoms with Gasteiger partial charge < -0.3 is 15.3 Å². The van der Waals surface area contributed by atoms with Gasteiger partial charge in [0, 0.05) is 0 Å². The van der Waals surface area contributed by atoms with E-state index in [0.29, 0.717) is 11.0 Å². The fraction of sp³-hybridized carbons (Fsp3) is 0. The second-order valence-corrected chi connectivity index (χ2v) is 2.67. The molecule has 3 N–H and O–H groups in total. The summed E-state index contributed by atoms with van der Waals surface area (Å²) in [7, 11) is 0. The molecule has 0 bridgehead atoms. The van der Waals surface area contributed by atoms with Crippen LogP contribution in [0.15, 0.2) is 28.9 Å². The van der Waals surface area contributed by atoms with Gasteiger partial charge in [0.25, 0.3) is 5.91 Å². The van der Waals surface area contributed by atoms with Gasteiger partial charge in [0.15, 0.2) is 11.3 Å². The molecule has 0 spiro atoms. The zero-order valence-corrected chi connectivity index (χ0v) is 6.65. The van der Waals surface area contributed by atoms with Crippen molar-refractivity contribution in [3.05, 3.63) is 30.0 Å². The van der Waals surface area contributed by atoms with Crippen molar-refractivity contribution in [2.45, 2.75) is 0 Å². The average Bonchev–Trinajstić information content (AvgIpc) is 2.48. The van der Waals surface area contributed by atoms with Crippen molar-refractivity contribution in [3.8, 4) is 5.75 Å². The molecule has 4 nitrogen and oxygen atoms in total. The molecular weight excluding hydrogens is 170 g/mol. The van der Waals surface area contributed by atoms with Crippen molar-refractivity contribution in [1.29, 1.82) is 0 Å². The van der Waals surface area contributed by atoms with E-state index in [1.165, 1.54) is 6.26 Å². The quantitative estimate of drug-likeness (QED) is 0.687. The summed E-state index contributed by atoms with van der Waals surface area (Å²) in [6, 6.07) is 4.84. The molecule has 0 aliphatic heterocycles. The molecule has 0 radical (unpaired) electrons. The first-order valence-electron chi connectivity index (χ1n) is 3.69. The van der Waals surface area contributed by atoms with Crippen LogP contribution in [0.1, 0.15) is 10.4 Å². The monoisotopic (exact) mass is 177 g/mol. The molecule has 66 valence electrons. The van der Waals surface area contributed by atoms with Gasteiger partial charge in [-0.25, -0.2) is 0 Å². The molecule has 0 fully saturated rings. The average molecular weight is 177 g/mol. The molecule has 1 aromatic heterocycles. The Morgan fingerprint density at radius 1 is 1.46 bits per heavy atom. The molecule has 0 atom stereocenters. The number of nitrogens with two attached hydrogens (primary N) is 1. The molecule has 0 saturated heterocycles. The van der Waals surface area contributed by atoms with Crippen LogP contribution in [0, 0.1) is 0 Å². The summed E-state index contributed by atoms with van der Waals surface area (Å²) in [5.41, 5.74) is 5.71. The van der Waals surface area contributed by atoms with E-state index in [1.54, 1.807) is 18.2 Å². The number of amides is 1. The third-order valence-electron chi connectivity index (χ3n) is 1.84. The number of rotatable bonds is 1. The maximum atomic E-state index is 10.9. The van der Waals surface area contributed by atoms with Gasteiger partial charge in [-0.1, -0.05) is 6.07 Å². The Morgan fingerprint density at radius 2 is 2.23 bits per heavy atom. The number of benzene rings is 1. The minimum Gasteiger partial charge on any atom is -0.504 e. The molecule has 0 unspecified atom stereocenters. The van der Waals surface area contributed by atoms with E-state index < -0.39 is 5.91 Å². The number of para-hydroxylation sites is 1. The van der Waals surface area contributed by atoms with Gasteiger partial charge >= 0.3 is 0 Å². The van der Waals surface area contributed by atoms with E-state index in [4.69, 9.17) is 10.2 Å². The summed E-state index contributed by atoms with van der Waals surface area (Å²) in [5.74, 6) is -0.557. The Balaban J connectivity index is 2.84. The Morgan fingerprint density at radius 3 is 2.92 bits per heavy atom. The molecule has 0 aliphatic rings. The Kier molecular flexibility index (Phi) is 1.48. The van der Waals surface area contributed by atoms with Gasteiger partial charge in [0.1, 0.15) is 6.26 Å². The van der Waals surface area contributed by atoms with Crippen molar-refractivity contribution < 1.29 is 14.3 Å². The van der Waals surface area contributed by atoms with Crippen molar-refractivity contribution in [1.82, 2.24) is 0 Å². The maximum absolute atomic E-state index is 10.9. The molecule has 1 heterocycles. The lowest BCUT2D eigenvalue weighted by atomic mass is 10.1. The lowest BCUT2D eigenvalue weighted by molar-refractivity contribution is 0.100. The highest BCUT2D eigenvalue weighted by atomic mass is 16.4. The highest BCUT2D eigenvalue weighted by Crippen LogP contribution is 2.28. The number of fused-ring (bicyclic) bond motifs is 1. The summed E-state index contributed by atoms with van der Waals surface area (Å²) < 4.78 is 4.99. The zero-order valence-electron chi connectivity index (χ0n) is 6.65. The molecule has 1 aromatic carbocycles. The summed E-state index contributed by atoms with van der Waals surface area (Å²) in [6.07, 6.45) is 1.18. The topological polar surface area (TPSA) is 76.5 Å². The van der Waals surface area contributed by atoms with E-state index in [-0.39, 0.29) is 11.3 Å². The summed E-state index contributed by atoms with van der Waals surface area (Å²) in [4.78, 5) is 10.9. The third kappa shape index (κ3) is 1.03. The van der Waals surface area contributed by atoms with Crippen molar-refractivity contribution in [3.63, 3.8) is 0 Å². The number of furan rings is 1. The van der Waals surface area contributed by atoms with Gasteiger partial charge in [-0.05, 0) is 12.1 Å². The summed E-state index contributed by atoms with van der Waals surface area (Å²) >= 11 is 0.